The van der Waals surface area contributed by atoms with E-state index in [0.717, 1.165) is 23.1 Å². The molecule has 2 fully saturated rings. The molecule has 2 atom stereocenters. The zero-order chi connectivity index (χ0) is 23.6. The van der Waals surface area contributed by atoms with Crippen LogP contribution in [0.2, 0.25) is 0 Å². The number of hydrogen-bond acceptors (Lipinski definition) is 6. The third kappa shape index (κ3) is 4.59. The van der Waals surface area contributed by atoms with Gasteiger partial charge < -0.3 is 20.3 Å². The fraction of sp³-hybridized carbons (Fsp3) is 0.448. The van der Waals surface area contributed by atoms with E-state index in [1.165, 1.54) is 63.6 Å². The van der Waals surface area contributed by atoms with Crippen LogP contribution in [0.4, 0.5) is 0 Å². The Labute approximate surface area is 208 Å². The largest absolute Gasteiger partial charge is 0.457 e. The molecule has 6 heteroatoms. The highest BCUT2D eigenvalue weighted by molar-refractivity contribution is 6.01. The molecule has 2 N–H and O–H groups in total. The molecule has 4 aliphatic rings. The molecule has 35 heavy (non-hydrogen) atoms. The van der Waals surface area contributed by atoms with E-state index in [0.29, 0.717) is 11.9 Å². The Morgan fingerprint density at radius 1 is 0.800 bits per heavy atom. The molecule has 0 spiro atoms. The van der Waals surface area contributed by atoms with Gasteiger partial charge in [-0.2, -0.15) is 0 Å². The van der Waals surface area contributed by atoms with E-state index in [9.17, 15) is 0 Å². The van der Waals surface area contributed by atoms with Gasteiger partial charge in [0.15, 0.2) is 0 Å². The summed E-state index contributed by atoms with van der Waals surface area (Å²) in [6.45, 7) is 2.57. The first-order valence-corrected chi connectivity index (χ1v) is 13.2. The second-order valence-corrected chi connectivity index (χ2v) is 10.2. The predicted molar refractivity (Wildman–Crippen MR) is 142 cm³/mol. The van der Waals surface area contributed by atoms with Crippen molar-refractivity contribution >= 4 is 17.7 Å². The molecule has 2 aromatic rings. The molecule has 3 aliphatic heterocycles. The molecule has 2 aromatic carbocycles. The van der Waals surface area contributed by atoms with E-state index in [4.69, 9.17) is 15.5 Å². The summed E-state index contributed by atoms with van der Waals surface area (Å²) in [5.74, 6) is 2.32. The molecule has 0 amide bonds. The Balaban J connectivity index is 1.19. The first-order valence-electron chi connectivity index (χ1n) is 13.2. The zero-order valence-electron chi connectivity index (χ0n) is 20.3. The average molecular weight is 470 g/mol. The van der Waals surface area contributed by atoms with Crippen LogP contribution in [0.1, 0.15) is 50.5 Å². The first kappa shape index (κ1) is 22.4. The minimum absolute atomic E-state index is 0.000657. The number of aliphatic imine (C=N–C) groups is 2. The van der Waals surface area contributed by atoms with Crippen molar-refractivity contribution in [1.82, 2.24) is 9.80 Å². The van der Waals surface area contributed by atoms with Gasteiger partial charge >= 0.3 is 0 Å². The number of amidine groups is 1. The fourth-order valence-corrected chi connectivity index (χ4v) is 6.29. The Bertz CT molecular complexity index is 1100. The summed E-state index contributed by atoms with van der Waals surface area (Å²) in [6.07, 6.45) is 13.1. The van der Waals surface area contributed by atoms with Crippen LogP contribution in [-0.4, -0.2) is 53.3 Å². The van der Waals surface area contributed by atoms with Crippen LogP contribution in [0.25, 0.3) is 5.57 Å². The van der Waals surface area contributed by atoms with Crippen molar-refractivity contribution in [2.75, 3.05) is 13.1 Å². The van der Waals surface area contributed by atoms with Crippen LogP contribution in [0.5, 0.6) is 11.5 Å². The van der Waals surface area contributed by atoms with Crippen LogP contribution < -0.4 is 10.5 Å². The summed E-state index contributed by atoms with van der Waals surface area (Å²) in [5.41, 5.74) is 8.81. The number of piperidine rings is 1. The standard InChI is InChI=1S/C29H35N5O/c30-28-27-26(21-9-15-25(16-10-21)35-24-7-3-1-4-8-24)19-34(29(27)32-20-31-28)23-13-11-22(12-14-23)33-17-5-2-6-18-33/h1,3-4,7-10,15-16,19-20,22-23,27,29H,2,5-6,11-14,17-18H2,(H2,30,31,32). The van der Waals surface area contributed by atoms with Gasteiger partial charge in [-0.25, -0.2) is 9.98 Å². The maximum atomic E-state index is 6.45. The number of benzene rings is 2. The summed E-state index contributed by atoms with van der Waals surface area (Å²) >= 11 is 0. The normalized spacial score (nSPS) is 28.9. The topological polar surface area (TPSA) is 66.5 Å². The number of hydrogen-bond donors (Lipinski definition) is 1. The van der Waals surface area contributed by atoms with Gasteiger partial charge in [0.1, 0.15) is 29.8 Å². The van der Waals surface area contributed by atoms with Crippen LogP contribution in [0, 0.1) is 5.92 Å². The lowest BCUT2D eigenvalue weighted by Gasteiger charge is -2.42. The van der Waals surface area contributed by atoms with Crippen LogP contribution in [0.15, 0.2) is 70.8 Å². The van der Waals surface area contributed by atoms with Crippen molar-refractivity contribution in [3.63, 3.8) is 0 Å². The second kappa shape index (κ2) is 9.86. The average Bonchev–Trinajstić information content (AvgIpc) is 3.31. The maximum absolute atomic E-state index is 6.45. The van der Waals surface area contributed by atoms with Crippen LogP contribution >= 0.6 is 0 Å². The second-order valence-electron chi connectivity index (χ2n) is 10.2. The Hall–Kier alpha value is -3.12. The van der Waals surface area contributed by atoms with Crippen molar-refractivity contribution in [3.05, 3.63) is 66.4 Å². The highest BCUT2D eigenvalue weighted by Crippen LogP contribution is 2.42. The van der Waals surface area contributed by atoms with Gasteiger partial charge in [0.25, 0.3) is 0 Å². The van der Waals surface area contributed by atoms with Gasteiger partial charge in [0, 0.05) is 18.3 Å². The van der Waals surface area contributed by atoms with Gasteiger partial charge in [-0.1, -0.05) is 36.8 Å². The molecule has 0 radical (unpaired) electrons. The van der Waals surface area contributed by atoms with Crippen molar-refractivity contribution in [2.45, 2.75) is 63.2 Å². The molecule has 0 bridgehead atoms. The van der Waals surface area contributed by atoms with E-state index in [1.54, 1.807) is 6.34 Å². The first-order chi connectivity index (χ1) is 17.3. The number of likely N-dealkylation sites (tertiary alicyclic amines) is 1. The summed E-state index contributed by atoms with van der Waals surface area (Å²) < 4.78 is 5.99. The van der Waals surface area contributed by atoms with E-state index >= 15 is 0 Å². The predicted octanol–water partition coefficient (Wildman–Crippen LogP) is 5.27. The summed E-state index contributed by atoms with van der Waals surface area (Å²) in [5, 5.41) is 0. The van der Waals surface area contributed by atoms with Gasteiger partial charge in [-0.05, 0) is 87.0 Å². The van der Waals surface area contributed by atoms with E-state index < -0.39 is 0 Å². The van der Waals surface area contributed by atoms with Crippen molar-refractivity contribution < 1.29 is 4.74 Å². The van der Waals surface area contributed by atoms with E-state index in [2.05, 4.69) is 33.1 Å². The van der Waals surface area contributed by atoms with Gasteiger partial charge in [0.05, 0.1) is 5.92 Å². The van der Waals surface area contributed by atoms with Crippen LogP contribution in [-0.2, 0) is 0 Å². The van der Waals surface area contributed by atoms with Crippen molar-refractivity contribution in [3.8, 4) is 11.5 Å². The SMILES string of the molecule is NC1=NC=NC2C1C(c1ccc(Oc3ccccc3)cc1)=CN2C1CCC(N2CCCCC2)CC1. The molecule has 2 unspecified atom stereocenters. The van der Waals surface area contributed by atoms with E-state index in [1.807, 2.05) is 42.5 Å². The fourth-order valence-electron chi connectivity index (χ4n) is 6.29. The lowest BCUT2D eigenvalue weighted by atomic mass is 9.87. The summed E-state index contributed by atoms with van der Waals surface area (Å²) in [7, 11) is 0. The highest BCUT2D eigenvalue weighted by Gasteiger charge is 2.43. The van der Waals surface area contributed by atoms with E-state index in [-0.39, 0.29) is 12.1 Å². The number of rotatable bonds is 5. The number of fused-ring (bicyclic) bond motifs is 1. The summed E-state index contributed by atoms with van der Waals surface area (Å²) in [6, 6.07) is 19.5. The molecule has 0 aromatic heterocycles. The molecule has 1 aliphatic carbocycles. The number of nitrogens with zero attached hydrogens (tertiary/aromatic N) is 4. The molecule has 6 rings (SSSR count). The lowest BCUT2D eigenvalue weighted by molar-refractivity contribution is 0.0891. The monoisotopic (exact) mass is 469 g/mol. The Morgan fingerprint density at radius 2 is 1.49 bits per heavy atom. The zero-order valence-corrected chi connectivity index (χ0v) is 20.3. The van der Waals surface area contributed by atoms with Gasteiger partial charge in [0.2, 0.25) is 0 Å². The molecule has 1 saturated carbocycles. The molecule has 182 valence electrons. The van der Waals surface area contributed by atoms with Crippen molar-refractivity contribution in [1.29, 1.82) is 0 Å². The third-order valence-corrected chi connectivity index (χ3v) is 8.13. The molecule has 3 heterocycles. The highest BCUT2D eigenvalue weighted by atomic mass is 16.5. The minimum atomic E-state index is 0.000657. The Morgan fingerprint density at radius 3 is 2.23 bits per heavy atom. The number of para-hydroxylation sites is 1. The molecular weight excluding hydrogens is 434 g/mol. The van der Waals surface area contributed by atoms with Crippen LogP contribution in [0.3, 0.4) is 0 Å². The quantitative estimate of drug-likeness (QED) is 0.648. The maximum Gasteiger partial charge on any atom is 0.136 e. The smallest absolute Gasteiger partial charge is 0.136 e. The molecule has 6 nitrogen and oxygen atoms in total. The molecule has 1 saturated heterocycles. The van der Waals surface area contributed by atoms with Crippen molar-refractivity contribution in [2.24, 2.45) is 21.6 Å². The minimum Gasteiger partial charge on any atom is -0.457 e. The number of nitrogens with two attached hydrogens (primary N) is 1. The Kier molecular flexibility index (Phi) is 6.30. The molecular formula is C29H35N5O. The number of ether oxygens (including phenoxy) is 1. The summed E-state index contributed by atoms with van der Waals surface area (Å²) in [4.78, 5) is 14.4. The third-order valence-electron chi connectivity index (χ3n) is 8.13. The van der Waals surface area contributed by atoms with Gasteiger partial charge in [-0.15, -0.1) is 0 Å². The lowest BCUT2D eigenvalue weighted by Crippen LogP contribution is -2.48. The van der Waals surface area contributed by atoms with Gasteiger partial charge in [-0.3, -0.25) is 0 Å².